The number of hydrogen-bond acceptors (Lipinski definition) is 5. The number of nitrogens with zero attached hydrogens (tertiary/aromatic N) is 3. The third-order valence-electron chi connectivity index (χ3n) is 1.86. The van der Waals surface area contributed by atoms with Gasteiger partial charge in [0, 0.05) is 23.5 Å². The summed E-state index contributed by atoms with van der Waals surface area (Å²) in [6.45, 7) is 2.35. The van der Waals surface area contributed by atoms with E-state index in [1.165, 1.54) is 29.9 Å². The number of thiazole rings is 1. The molecule has 2 aromatic rings. The molecule has 0 saturated heterocycles. The summed E-state index contributed by atoms with van der Waals surface area (Å²) in [5.74, 6) is -0.235. The van der Waals surface area contributed by atoms with E-state index in [1.807, 2.05) is 12.3 Å². The van der Waals surface area contributed by atoms with Gasteiger partial charge in [-0.2, -0.15) is 0 Å². The number of aryl methyl sites for hydroxylation is 1. The lowest BCUT2D eigenvalue weighted by molar-refractivity contribution is 0.0945. The molecule has 5 nitrogen and oxygen atoms in total. The van der Waals surface area contributed by atoms with Crippen LogP contribution in [0.15, 0.2) is 24.0 Å². The van der Waals surface area contributed by atoms with E-state index in [1.54, 1.807) is 0 Å². The Kier molecular flexibility index (Phi) is 3.21. The molecule has 0 aliphatic rings. The highest BCUT2D eigenvalue weighted by Gasteiger charge is 2.07. The van der Waals surface area contributed by atoms with E-state index in [0.717, 1.165) is 10.7 Å². The Morgan fingerprint density at radius 2 is 2.38 bits per heavy atom. The predicted molar refractivity (Wildman–Crippen MR) is 60.1 cm³/mol. The Morgan fingerprint density at radius 3 is 3.00 bits per heavy atom. The van der Waals surface area contributed by atoms with Gasteiger partial charge in [0.15, 0.2) is 0 Å². The number of amides is 1. The quantitative estimate of drug-likeness (QED) is 0.865. The maximum Gasteiger partial charge on any atom is 0.271 e. The highest BCUT2D eigenvalue weighted by Crippen LogP contribution is 2.07. The van der Waals surface area contributed by atoms with Gasteiger partial charge in [-0.1, -0.05) is 0 Å². The van der Waals surface area contributed by atoms with Crippen molar-refractivity contribution in [2.45, 2.75) is 13.5 Å². The molecule has 2 rings (SSSR count). The highest BCUT2D eigenvalue weighted by molar-refractivity contribution is 7.09. The molecule has 0 bridgehead atoms. The molecule has 82 valence electrons. The van der Waals surface area contributed by atoms with Crippen LogP contribution in [-0.2, 0) is 6.54 Å². The maximum absolute atomic E-state index is 11.6. The van der Waals surface area contributed by atoms with Gasteiger partial charge in [-0.05, 0) is 6.92 Å². The zero-order valence-corrected chi connectivity index (χ0v) is 9.49. The molecule has 0 unspecified atom stereocenters. The van der Waals surface area contributed by atoms with E-state index in [-0.39, 0.29) is 5.91 Å². The standard InChI is InChI=1S/C10H10N4OS/c1-7-6-16-9(14-7)5-13-10(15)8-4-11-2-3-12-8/h2-4,6H,5H2,1H3,(H,13,15). The summed E-state index contributed by atoms with van der Waals surface area (Å²) in [6.07, 6.45) is 4.45. The molecule has 1 amide bonds. The summed E-state index contributed by atoms with van der Waals surface area (Å²) < 4.78 is 0. The third kappa shape index (κ3) is 2.60. The van der Waals surface area contributed by atoms with Crippen LogP contribution in [0, 0.1) is 6.92 Å². The van der Waals surface area contributed by atoms with Crippen LogP contribution >= 0.6 is 11.3 Å². The third-order valence-corrected chi connectivity index (χ3v) is 2.83. The molecule has 16 heavy (non-hydrogen) atoms. The molecule has 0 saturated carbocycles. The van der Waals surface area contributed by atoms with Gasteiger partial charge in [0.05, 0.1) is 12.7 Å². The van der Waals surface area contributed by atoms with Crippen LogP contribution in [0.1, 0.15) is 21.2 Å². The Balaban J connectivity index is 1.94. The van der Waals surface area contributed by atoms with Crippen LogP contribution in [0.4, 0.5) is 0 Å². The number of rotatable bonds is 3. The minimum Gasteiger partial charge on any atom is -0.344 e. The van der Waals surface area contributed by atoms with Gasteiger partial charge in [-0.3, -0.25) is 9.78 Å². The first-order chi connectivity index (χ1) is 7.75. The van der Waals surface area contributed by atoms with Crippen LogP contribution in [0.5, 0.6) is 0 Å². The van der Waals surface area contributed by atoms with Crippen molar-refractivity contribution in [1.82, 2.24) is 20.3 Å². The van der Waals surface area contributed by atoms with E-state index >= 15 is 0 Å². The van der Waals surface area contributed by atoms with Gasteiger partial charge < -0.3 is 5.32 Å². The van der Waals surface area contributed by atoms with Gasteiger partial charge in [0.1, 0.15) is 10.7 Å². The average Bonchev–Trinajstić information content (AvgIpc) is 2.73. The largest absolute Gasteiger partial charge is 0.344 e. The van der Waals surface area contributed by atoms with Gasteiger partial charge >= 0.3 is 0 Å². The van der Waals surface area contributed by atoms with Crippen molar-refractivity contribution >= 4 is 17.2 Å². The summed E-state index contributed by atoms with van der Waals surface area (Å²) in [5, 5.41) is 5.57. The second-order valence-electron chi connectivity index (χ2n) is 3.16. The maximum atomic E-state index is 11.6. The molecule has 1 N–H and O–H groups in total. The number of carbonyl (C=O) groups excluding carboxylic acids is 1. The van der Waals surface area contributed by atoms with Gasteiger partial charge in [0.2, 0.25) is 0 Å². The highest BCUT2D eigenvalue weighted by atomic mass is 32.1. The van der Waals surface area contributed by atoms with Gasteiger partial charge in [-0.25, -0.2) is 9.97 Å². The van der Waals surface area contributed by atoms with Crippen molar-refractivity contribution in [3.05, 3.63) is 40.4 Å². The first-order valence-electron chi connectivity index (χ1n) is 4.71. The summed E-state index contributed by atoms with van der Waals surface area (Å²) in [5.41, 5.74) is 1.28. The Bertz CT molecular complexity index is 483. The number of nitrogens with one attached hydrogen (secondary N) is 1. The zero-order valence-electron chi connectivity index (χ0n) is 8.67. The van der Waals surface area contributed by atoms with Crippen molar-refractivity contribution in [2.75, 3.05) is 0 Å². The molecule has 0 radical (unpaired) electrons. The minimum absolute atomic E-state index is 0.235. The summed E-state index contributed by atoms with van der Waals surface area (Å²) in [4.78, 5) is 23.6. The van der Waals surface area contributed by atoms with E-state index in [9.17, 15) is 4.79 Å². The normalized spacial score (nSPS) is 10.1. The van der Waals surface area contributed by atoms with Crippen molar-refractivity contribution < 1.29 is 4.79 Å². The smallest absolute Gasteiger partial charge is 0.271 e. The molecule has 0 fully saturated rings. The monoisotopic (exact) mass is 234 g/mol. The number of hydrogen-bond donors (Lipinski definition) is 1. The van der Waals surface area contributed by atoms with E-state index in [2.05, 4.69) is 20.3 Å². The average molecular weight is 234 g/mol. The van der Waals surface area contributed by atoms with Crippen LogP contribution < -0.4 is 5.32 Å². The minimum atomic E-state index is -0.235. The van der Waals surface area contributed by atoms with Crippen molar-refractivity contribution in [3.63, 3.8) is 0 Å². The van der Waals surface area contributed by atoms with E-state index in [4.69, 9.17) is 0 Å². The first-order valence-corrected chi connectivity index (χ1v) is 5.59. The van der Waals surface area contributed by atoms with Crippen molar-refractivity contribution in [1.29, 1.82) is 0 Å². The molecule has 0 atom stereocenters. The lowest BCUT2D eigenvalue weighted by Gasteiger charge is -2.00. The Morgan fingerprint density at radius 1 is 1.50 bits per heavy atom. The molecule has 2 heterocycles. The number of aromatic nitrogens is 3. The second-order valence-corrected chi connectivity index (χ2v) is 4.10. The second kappa shape index (κ2) is 4.80. The molecule has 0 aromatic carbocycles. The van der Waals surface area contributed by atoms with Crippen LogP contribution in [0.25, 0.3) is 0 Å². The molecular weight excluding hydrogens is 224 g/mol. The molecular formula is C10H10N4OS. The van der Waals surface area contributed by atoms with Crippen LogP contribution in [0.3, 0.4) is 0 Å². The van der Waals surface area contributed by atoms with Crippen molar-refractivity contribution in [2.24, 2.45) is 0 Å². The summed E-state index contributed by atoms with van der Waals surface area (Å²) in [7, 11) is 0. The fraction of sp³-hybridized carbons (Fsp3) is 0.200. The predicted octanol–water partition coefficient (Wildman–Crippen LogP) is 1.17. The molecule has 0 aliphatic heterocycles. The van der Waals surface area contributed by atoms with Gasteiger partial charge in [-0.15, -0.1) is 11.3 Å². The van der Waals surface area contributed by atoms with Crippen LogP contribution in [-0.4, -0.2) is 20.9 Å². The fourth-order valence-corrected chi connectivity index (χ4v) is 1.86. The molecule has 2 aromatic heterocycles. The lowest BCUT2D eigenvalue weighted by Crippen LogP contribution is -2.23. The number of carbonyl (C=O) groups is 1. The lowest BCUT2D eigenvalue weighted by atomic mass is 10.4. The fourth-order valence-electron chi connectivity index (χ4n) is 1.15. The first kappa shape index (κ1) is 10.7. The Hall–Kier alpha value is -1.82. The van der Waals surface area contributed by atoms with Crippen LogP contribution in [0.2, 0.25) is 0 Å². The SMILES string of the molecule is Cc1csc(CNC(=O)c2cnccn2)n1. The molecule has 6 heteroatoms. The molecule has 0 spiro atoms. The van der Waals surface area contributed by atoms with E-state index < -0.39 is 0 Å². The molecule has 0 aliphatic carbocycles. The van der Waals surface area contributed by atoms with E-state index in [0.29, 0.717) is 12.2 Å². The van der Waals surface area contributed by atoms with Crippen molar-refractivity contribution in [3.8, 4) is 0 Å². The Labute approximate surface area is 96.6 Å². The summed E-state index contributed by atoms with van der Waals surface area (Å²) in [6, 6.07) is 0. The summed E-state index contributed by atoms with van der Waals surface area (Å²) >= 11 is 1.52. The van der Waals surface area contributed by atoms with Gasteiger partial charge in [0.25, 0.3) is 5.91 Å². The zero-order chi connectivity index (χ0) is 11.4. The topological polar surface area (TPSA) is 67.8 Å².